The molecular weight excluding hydrogens is 329 g/mol. The van der Waals surface area contributed by atoms with Crippen LogP contribution in [0.2, 0.25) is 0 Å². The third-order valence-electron chi connectivity index (χ3n) is 3.93. The SMILES string of the molecule is CC(c1ccc(F)c(Br)c1)N(C)C1COCC1C(=O)O. The smallest absolute Gasteiger partial charge is 0.310 e. The quantitative estimate of drug-likeness (QED) is 0.911. The van der Waals surface area contributed by atoms with Crippen LogP contribution in [0.3, 0.4) is 0 Å². The molecule has 20 heavy (non-hydrogen) atoms. The zero-order valence-corrected chi connectivity index (χ0v) is 12.9. The molecule has 1 N–H and O–H groups in total. The number of carbonyl (C=O) groups is 1. The van der Waals surface area contributed by atoms with Gasteiger partial charge in [-0.25, -0.2) is 4.39 Å². The minimum Gasteiger partial charge on any atom is -0.481 e. The van der Waals surface area contributed by atoms with Crippen LogP contribution < -0.4 is 0 Å². The van der Waals surface area contributed by atoms with E-state index in [0.29, 0.717) is 11.1 Å². The number of aliphatic carboxylic acids is 1. The number of carboxylic acid groups (broad SMARTS) is 1. The molecule has 1 fully saturated rings. The second-order valence-corrected chi connectivity index (χ2v) is 5.92. The minimum atomic E-state index is -0.841. The van der Waals surface area contributed by atoms with E-state index in [2.05, 4.69) is 15.9 Å². The van der Waals surface area contributed by atoms with Gasteiger partial charge in [-0.3, -0.25) is 9.69 Å². The van der Waals surface area contributed by atoms with Gasteiger partial charge in [-0.1, -0.05) is 6.07 Å². The van der Waals surface area contributed by atoms with Crippen molar-refractivity contribution in [3.05, 3.63) is 34.1 Å². The zero-order valence-electron chi connectivity index (χ0n) is 11.3. The van der Waals surface area contributed by atoms with Crippen molar-refractivity contribution in [3.8, 4) is 0 Å². The van der Waals surface area contributed by atoms with Gasteiger partial charge in [0.1, 0.15) is 5.82 Å². The summed E-state index contributed by atoms with van der Waals surface area (Å²) >= 11 is 3.17. The molecule has 3 unspecified atom stereocenters. The van der Waals surface area contributed by atoms with E-state index in [9.17, 15) is 14.3 Å². The van der Waals surface area contributed by atoms with E-state index in [-0.39, 0.29) is 24.5 Å². The first-order valence-corrected chi connectivity index (χ1v) is 7.18. The third kappa shape index (κ3) is 3.02. The predicted octanol–water partition coefficient (Wildman–Crippen LogP) is 2.68. The molecule has 0 radical (unpaired) electrons. The van der Waals surface area contributed by atoms with Gasteiger partial charge < -0.3 is 9.84 Å². The van der Waals surface area contributed by atoms with Crippen molar-refractivity contribution in [2.75, 3.05) is 20.3 Å². The molecule has 0 amide bonds. The van der Waals surface area contributed by atoms with Crippen LogP contribution in [0.4, 0.5) is 4.39 Å². The van der Waals surface area contributed by atoms with Gasteiger partial charge in [0.2, 0.25) is 0 Å². The maximum absolute atomic E-state index is 13.3. The highest BCUT2D eigenvalue weighted by Gasteiger charge is 2.38. The zero-order chi connectivity index (χ0) is 14.9. The van der Waals surface area contributed by atoms with Crippen molar-refractivity contribution >= 4 is 21.9 Å². The van der Waals surface area contributed by atoms with E-state index in [4.69, 9.17) is 4.74 Å². The molecule has 0 bridgehead atoms. The van der Waals surface area contributed by atoms with E-state index in [1.165, 1.54) is 6.07 Å². The summed E-state index contributed by atoms with van der Waals surface area (Å²) in [4.78, 5) is 13.2. The summed E-state index contributed by atoms with van der Waals surface area (Å²) in [5.41, 5.74) is 0.928. The number of likely N-dealkylation sites (N-methyl/N-ethyl adjacent to an activating group) is 1. The van der Waals surface area contributed by atoms with Gasteiger partial charge in [-0.15, -0.1) is 0 Å². The van der Waals surface area contributed by atoms with Gasteiger partial charge in [0.05, 0.1) is 23.6 Å². The van der Waals surface area contributed by atoms with E-state index < -0.39 is 11.9 Å². The van der Waals surface area contributed by atoms with Crippen LogP contribution in [0.5, 0.6) is 0 Å². The van der Waals surface area contributed by atoms with Crippen LogP contribution in [0, 0.1) is 11.7 Å². The molecule has 1 saturated heterocycles. The normalized spacial score (nSPS) is 24.1. The average Bonchev–Trinajstić information content (AvgIpc) is 2.89. The van der Waals surface area contributed by atoms with Crippen molar-refractivity contribution < 1.29 is 19.0 Å². The molecule has 0 spiro atoms. The Labute approximate surface area is 125 Å². The molecule has 6 heteroatoms. The molecular formula is C14H17BrFNO3. The Balaban J connectivity index is 2.17. The first-order chi connectivity index (χ1) is 9.41. The summed E-state index contributed by atoms with van der Waals surface area (Å²) < 4.78 is 19.0. The Morgan fingerprint density at radius 3 is 2.85 bits per heavy atom. The van der Waals surface area contributed by atoms with Crippen LogP contribution in [0.15, 0.2) is 22.7 Å². The van der Waals surface area contributed by atoms with Gasteiger partial charge in [0.25, 0.3) is 0 Å². The molecule has 110 valence electrons. The number of carboxylic acids is 1. The van der Waals surface area contributed by atoms with Crippen LogP contribution in [0.25, 0.3) is 0 Å². The monoisotopic (exact) mass is 345 g/mol. The molecule has 3 atom stereocenters. The number of rotatable bonds is 4. The lowest BCUT2D eigenvalue weighted by Gasteiger charge is -2.32. The van der Waals surface area contributed by atoms with Gasteiger partial charge in [-0.05, 0) is 47.6 Å². The topological polar surface area (TPSA) is 49.8 Å². The molecule has 0 saturated carbocycles. The fraction of sp³-hybridized carbons (Fsp3) is 0.500. The molecule has 1 aliphatic heterocycles. The maximum Gasteiger partial charge on any atom is 0.310 e. The van der Waals surface area contributed by atoms with Crippen molar-refractivity contribution in [2.24, 2.45) is 5.92 Å². The largest absolute Gasteiger partial charge is 0.481 e. The van der Waals surface area contributed by atoms with Crippen LogP contribution in [-0.4, -0.2) is 42.3 Å². The molecule has 1 aliphatic rings. The predicted molar refractivity (Wildman–Crippen MR) is 76.0 cm³/mol. The van der Waals surface area contributed by atoms with Crippen molar-refractivity contribution in [1.82, 2.24) is 4.90 Å². The standard InChI is InChI=1S/C14H17BrFNO3/c1-8(9-3-4-12(16)11(15)5-9)17(2)13-7-20-6-10(13)14(18)19/h3-5,8,10,13H,6-7H2,1-2H3,(H,18,19). The van der Waals surface area contributed by atoms with Crippen LogP contribution >= 0.6 is 15.9 Å². The fourth-order valence-corrected chi connectivity index (χ4v) is 2.87. The number of ether oxygens (including phenoxy) is 1. The van der Waals surface area contributed by atoms with Gasteiger partial charge >= 0.3 is 5.97 Å². The van der Waals surface area contributed by atoms with Crippen molar-refractivity contribution in [3.63, 3.8) is 0 Å². The van der Waals surface area contributed by atoms with Gasteiger partial charge in [0.15, 0.2) is 0 Å². The van der Waals surface area contributed by atoms with Crippen molar-refractivity contribution in [2.45, 2.75) is 19.0 Å². The fourth-order valence-electron chi connectivity index (χ4n) is 2.47. The highest BCUT2D eigenvalue weighted by atomic mass is 79.9. The lowest BCUT2D eigenvalue weighted by Crippen LogP contribution is -2.42. The second kappa shape index (κ2) is 6.20. The maximum atomic E-state index is 13.3. The average molecular weight is 346 g/mol. The lowest BCUT2D eigenvalue weighted by atomic mass is 9.99. The van der Waals surface area contributed by atoms with E-state index in [1.807, 2.05) is 18.9 Å². The molecule has 1 aromatic carbocycles. The first kappa shape index (κ1) is 15.4. The minimum absolute atomic E-state index is 0.0274. The molecule has 0 aromatic heterocycles. The second-order valence-electron chi connectivity index (χ2n) is 5.06. The molecule has 1 heterocycles. The number of nitrogens with zero attached hydrogens (tertiary/aromatic N) is 1. The first-order valence-electron chi connectivity index (χ1n) is 6.39. The number of halogens is 2. The summed E-state index contributed by atoms with van der Waals surface area (Å²) in [7, 11) is 1.87. The lowest BCUT2D eigenvalue weighted by molar-refractivity contribution is -0.143. The highest BCUT2D eigenvalue weighted by Crippen LogP contribution is 2.29. The Morgan fingerprint density at radius 1 is 1.55 bits per heavy atom. The number of hydrogen-bond donors (Lipinski definition) is 1. The van der Waals surface area contributed by atoms with Crippen LogP contribution in [0.1, 0.15) is 18.5 Å². The Hall–Kier alpha value is -0.980. The molecule has 4 nitrogen and oxygen atoms in total. The number of hydrogen-bond acceptors (Lipinski definition) is 3. The molecule has 2 rings (SSSR count). The van der Waals surface area contributed by atoms with E-state index >= 15 is 0 Å². The van der Waals surface area contributed by atoms with Crippen LogP contribution in [-0.2, 0) is 9.53 Å². The summed E-state index contributed by atoms with van der Waals surface area (Å²) in [6.45, 7) is 2.61. The highest BCUT2D eigenvalue weighted by molar-refractivity contribution is 9.10. The van der Waals surface area contributed by atoms with Gasteiger partial charge in [-0.2, -0.15) is 0 Å². The van der Waals surface area contributed by atoms with E-state index in [1.54, 1.807) is 12.1 Å². The van der Waals surface area contributed by atoms with E-state index in [0.717, 1.165) is 5.56 Å². The Bertz CT molecular complexity index is 511. The van der Waals surface area contributed by atoms with Crippen molar-refractivity contribution in [1.29, 1.82) is 0 Å². The number of benzene rings is 1. The Kier molecular flexibility index (Phi) is 4.78. The summed E-state index contributed by atoms with van der Waals surface area (Å²) in [6.07, 6.45) is 0. The molecule has 1 aromatic rings. The van der Waals surface area contributed by atoms with Gasteiger partial charge in [0, 0.05) is 12.1 Å². The summed E-state index contributed by atoms with van der Waals surface area (Å²) in [5.74, 6) is -1.67. The Morgan fingerprint density at radius 2 is 2.25 bits per heavy atom. The molecule has 0 aliphatic carbocycles. The third-order valence-corrected chi connectivity index (χ3v) is 4.54. The summed E-state index contributed by atoms with van der Waals surface area (Å²) in [5, 5.41) is 9.20. The summed E-state index contributed by atoms with van der Waals surface area (Å²) in [6, 6.07) is 4.64.